The fraction of sp³-hybridized carbons (Fsp3) is 0.294. The molecule has 8 heteroatoms. The lowest BCUT2D eigenvalue weighted by atomic mass is 9.83. The largest absolute Gasteiger partial charge is 0.387 e. The predicted molar refractivity (Wildman–Crippen MR) is 94.7 cm³/mol. The average molecular weight is 364 g/mol. The minimum Gasteiger partial charge on any atom is -0.387 e. The number of nitrogens with zero attached hydrogens (tertiary/aromatic N) is 2. The van der Waals surface area contributed by atoms with Crippen molar-refractivity contribution in [3.63, 3.8) is 0 Å². The molecule has 132 valence electrons. The van der Waals surface area contributed by atoms with E-state index < -0.39 is 23.9 Å². The van der Waals surface area contributed by atoms with Crippen LogP contribution in [0, 0.1) is 11.7 Å². The normalized spacial score (nSPS) is 24.7. The summed E-state index contributed by atoms with van der Waals surface area (Å²) in [6.07, 6.45) is 1.01. The molecule has 1 aromatic carbocycles. The fourth-order valence-corrected chi connectivity index (χ4v) is 3.40. The van der Waals surface area contributed by atoms with Crippen molar-refractivity contribution >= 4 is 23.2 Å². The number of hydrogen-bond donors (Lipinski definition) is 3. The number of amidine groups is 1. The van der Waals surface area contributed by atoms with E-state index in [1.807, 2.05) is 0 Å². The number of Topliss-reactive ketones (excluding diaryl/α,β-unsaturated/α-hetero) is 1. The van der Waals surface area contributed by atoms with Crippen molar-refractivity contribution in [3.05, 3.63) is 57.8 Å². The molecule has 0 bridgehead atoms. The molecule has 0 radical (unpaired) electrons. The van der Waals surface area contributed by atoms with Gasteiger partial charge in [0, 0.05) is 22.2 Å². The van der Waals surface area contributed by atoms with Gasteiger partial charge in [0.2, 0.25) is 0 Å². The first kappa shape index (κ1) is 17.4. The van der Waals surface area contributed by atoms with Gasteiger partial charge in [-0.2, -0.15) is 0 Å². The Labute approximate surface area is 149 Å². The zero-order valence-corrected chi connectivity index (χ0v) is 14.6. The van der Waals surface area contributed by atoms with Gasteiger partial charge in [0.05, 0.1) is 23.8 Å². The maximum atomic E-state index is 13.9. The molecule has 0 aromatic heterocycles. The molecule has 2 aliphatic heterocycles. The summed E-state index contributed by atoms with van der Waals surface area (Å²) in [6.45, 7) is 3.40. The number of halogens is 2. The molecule has 0 spiro atoms. The molecule has 0 fully saturated rings. The summed E-state index contributed by atoms with van der Waals surface area (Å²) in [5.41, 5.74) is 19.2. The van der Waals surface area contributed by atoms with Crippen LogP contribution in [-0.2, 0) is 4.79 Å². The van der Waals surface area contributed by atoms with Crippen LogP contribution >= 0.6 is 11.6 Å². The van der Waals surface area contributed by atoms with Gasteiger partial charge in [0.1, 0.15) is 17.5 Å². The topological polar surface area (TPSA) is 111 Å². The molecule has 0 aliphatic carbocycles. The molecule has 0 saturated heterocycles. The summed E-state index contributed by atoms with van der Waals surface area (Å²) in [6, 6.07) is 3.23. The number of rotatable bonds is 2. The van der Waals surface area contributed by atoms with Gasteiger partial charge in [0.25, 0.3) is 0 Å². The first-order valence-electron chi connectivity index (χ1n) is 7.80. The third-order valence-electron chi connectivity index (χ3n) is 4.45. The smallest absolute Gasteiger partial charge is 0.173 e. The molecule has 0 saturated carbocycles. The van der Waals surface area contributed by atoms with Crippen LogP contribution in [-0.4, -0.2) is 22.7 Å². The monoisotopic (exact) mass is 363 g/mol. The molecule has 1 aromatic rings. The highest BCUT2D eigenvalue weighted by Gasteiger charge is 2.41. The Morgan fingerprint density at radius 3 is 2.68 bits per heavy atom. The number of benzene rings is 1. The average Bonchev–Trinajstić information content (AvgIpc) is 2.53. The third-order valence-corrected chi connectivity index (χ3v) is 4.80. The molecule has 6 nitrogen and oxygen atoms in total. The number of aliphatic imine (C=N–C) groups is 1. The summed E-state index contributed by atoms with van der Waals surface area (Å²) in [7, 11) is 0. The van der Waals surface area contributed by atoms with Gasteiger partial charge in [0.15, 0.2) is 5.78 Å². The molecule has 25 heavy (non-hydrogen) atoms. The molecule has 3 atom stereocenters. The Hall–Kier alpha value is -2.38. The standard InChI is InChI=1S/C17H19ClFN5O/c1-7-16(25)14-12(23-17(7)22)6-13(21)24(8(2)20)15(14)10-5-9(19)3-4-11(10)18/h3-8,15H,20-21H2,1-2H3,(H2,22,23). The first-order valence-corrected chi connectivity index (χ1v) is 8.18. The molecular weight excluding hydrogens is 345 g/mol. The second kappa shape index (κ2) is 6.16. The van der Waals surface area contributed by atoms with E-state index in [0.717, 1.165) is 0 Å². The van der Waals surface area contributed by atoms with Crippen molar-refractivity contribution in [1.82, 2.24) is 4.90 Å². The lowest BCUT2D eigenvalue weighted by Gasteiger charge is -2.42. The second-order valence-corrected chi connectivity index (χ2v) is 6.61. The number of carbonyl (C=O) groups excluding carboxylic acids is 1. The predicted octanol–water partition coefficient (Wildman–Crippen LogP) is 1.77. The van der Waals surface area contributed by atoms with Gasteiger partial charge in [-0.25, -0.2) is 9.38 Å². The summed E-state index contributed by atoms with van der Waals surface area (Å²) in [5, 5.41) is 0.307. The Bertz CT molecular complexity index is 845. The van der Waals surface area contributed by atoms with E-state index >= 15 is 0 Å². The summed E-state index contributed by atoms with van der Waals surface area (Å²) >= 11 is 6.30. The Morgan fingerprint density at radius 1 is 1.36 bits per heavy atom. The van der Waals surface area contributed by atoms with E-state index in [0.29, 0.717) is 27.7 Å². The van der Waals surface area contributed by atoms with Crippen LogP contribution in [0.25, 0.3) is 0 Å². The molecule has 3 rings (SSSR count). The van der Waals surface area contributed by atoms with Gasteiger partial charge in [-0.3, -0.25) is 4.79 Å². The van der Waals surface area contributed by atoms with E-state index in [2.05, 4.69) is 4.99 Å². The van der Waals surface area contributed by atoms with Crippen molar-refractivity contribution in [1.29, 1.82) is 0 Å². The highest BCUT2D eigenvalue weighted by Crippen LogP contribution is 2.43. The Morgan fingerprint density at radius 2 is 2.04 bits per heavy atom. The van der Waals surface area contributed by atoms with Crippen LogP contribution in [0.3, 0.4) is 0 Å². The van der Waals surface area contributed by atoms with Gasteiger partial charge < -0.3 is 22.1 Å². The minimum absolute atomic E-state index is 0.206. The van der Waals surface area contributed by atoms with Crippen LogP contribution in [0.1, 0.15) is 25.5 Å². The van der Waals surface area contributed by atoms with Gasteiger partial charge in [-0.15, -0.1) is 0 Å². The van der Waals surface area contributed by atoms with E-state index in [4.69, 9.17) is 28.8 Å². The zero-order valence-electron chi connectivity index (χ0n) is 13.8. The van der Waals surface area contributed by atoms with E-state index in [9.17, 15) is 9.18 Å². The number of allylic oxidation sites excluding steroid dienone is 1. The van der Waals surface area contributed by atoms with Gasteiger partial charge >= 0.3 is 0 Å². The van der Waals surface area contributed by atoms with Crippen molar-refractivity contribution in [2.45, 2.75) is 26.1 Å². The van der Waals surface area contributed by atoms with Crippen molar-refractivity contribution in [2.75, 3.05) is 0 Å². The Kier molecular flexibility index (Phi) is 4.30. The van der Waals surface area contributed by atoms with Crippen LogP contribution in [0.2, 0.25) is 5.02 Å². The number of hydrogen-bond acceptors (Lipinski definition) is 6. The quantitative estimate of drug-likeness (QED) is 0.741. The maximum absolute atomic E-state index is 13.9. The van der Waals surface area contributed by atoms with Crippen LogP contribution in [0.5, 0.6) is 0 Å². The minimum atomic E-state index is -0.741. The van der Waals surface area contributed by atoms with E-state index in [-0.39, 0.29) is 11.6 Å². The number of ketones is 1. The fourth-order valence-electron chi connectivity index (χ4n) is 3.18. The summed E-state index contributed by atoms with van der Waals surface area (Å²) < 4.78 is 13.9. The zero-order chi connectivity index (χ0) is 18.5. The highest BCUT2D eigenvalue weighted by molar-refractivity contribution is 6.31. The first-order chi connectivity index (χ1) is 11.7. The lowest BCUT2D eigenvalue weighted by molar-refractivity contribution is -0.118. The van der Waals surface area contributed by atoms with E-state index in [1.54, 1.807) is 24.8 Å². The van der Waals surface area contributed by atoms with Crippen LogP contribution in [0.4, 0.5) is 4.39 Å². The molecule has 6 N–H and O–H groups in total. The number of nitrogens with two attached hydrogens (primary N) is 3. The summed E-state index contributed by atoms with van der Waals surface area (Å²) in [5.74, 6) is -0.749. The molecule has 2 heterocycles. The third kappa shape index (κ3) is 2.79. The second-order valence-electron chi connectivity index (χ2n) is 6.21. The molecular formula is C17H19ClFN5O. The molecule has 2 aliphatic rings. The van der Waals surface area contributed by atoms with Gasteiger partial charge in [-0.05, 0) is 32.0 Å². The Balaban J connectivity index is 2.29. The highest BCUT2D eigenvalue weighted by atomic mass is 35.5. The maximum Gasteiger partial charge on any atom is 0.173 e. The van der Waals surface area contributed by atoms with Gasteiger partial charge in [-0.1, -0.05) is 11.6 Å². The van der Waals surface area contributed by atoms with Crippen molar-refractivity contribution in [3.8, 4) is 0 Å². The van der Waals surface area contributed by atoms with Crippen LogP contribution in [0.15, 0.2) is 46.4 Å². The summed E-state index contributed by atoms with van der Waals surface area (Å²) in [4.78, 5) is 18.9. The van der Waals surface area contributed by atoms with Crippen LogP contribution < -0.4 is 17.2 Å². The van der Waals surface area contributed by atoms with E-state index in [1.165, 1.54) is 18.2 Å². The molecule has 3 unspecified atom stereocenters. The SMILES string of the molecule is CC1C(=O)C2=C(C=C(N)N(C(C)N)C2c2cc(F)ccc2Cl)N=C1N. The molecule has 0 amide bonds. The van der Waals surface area contributed by atoms with Crippen molar-refractivity contribution < 1.29 is 9.18 Å². The lowest BCUT2D eigenvalue weighted by Crippen LogP contribution is -2.49. The van der Waals surface area contributed by atoms with Crippen molar-refractivity contribution in [2.24, 2.45) is 28.1 Å². The number of carbonyl (C=O) groups is 1.